The maximum Gasteiger partial charge on any atom is 0.0755 e. The van der Waals surface area contributed by atoms with Crippen molar-refractivity contribution in [3.63, 3.8) is 0 Å². The maximum absolute atomic E-state index is 5.52. The minimum absolute atomic E-state index is 0. The molecule has 2 aromatic rings. The monoisotopic (exact) mass is 304 g/mol. The minimum atomic E-state index is 0. The molecule has 0 amide bonds. The fourth-order valence-corrected chi connectivity index (χ4v) is 3.55. The van der Waals surface area contributed by atoms with E-state index in [1.807, 2.05) is 0 Å². The quantitative estimate of drug-likeness (QED) is 0.808. The first-order valence-corrected chi connectivity index (χ1v) is 7.58. The van der Waals surface area contributed by atoms with Gasteiger partial charge in [-0.1, -0.05) is 18.2 Å². The first-order valence-electron chi connectivity index (χ1n) is 7.58. The highest BCUT2D eigenvalue weighted by molar-refractivity contribution is 5.96. The molecule has 21 heavy (non-hydrogen) atoms. The van der Waals surface area contributed by atoms with E-state index in [0.717, 1.165) is 32.7 Å². The van der Waals surface area contributed by atoms with Crippen LogP contribution in [0.25, 0.3) is 10.9 Å². The molecule has 1 aromatic heterocycles. The van der Waals surface area contributed by atoms with Gasteiger partial charge >= 0.3 is 0 Å². The molecule has 1 aliphatic heterocycles. The van der Waals surface area contributed by atoms with Crippen LogP contribution in [0.3, 0.4) is 0 Å². The largest absolute Gasteiger partial charge is 0.378 e. The van der Waals surface area contributed by atoms with Gasteiger partial charge in [0.2, 0.25) is 0 Å². The van der Waals surface area contributed by atoms with Gasteiger partial charge in [-0.25, -0.2) is 0 Å². The molecule has 4 heteroatoms. The molecule has 1 aliphatic carbocycles. The van der Waals surface area contributed by atoms with E-state index < -0.39 is 0 Å². The Balaban J connectivity index is 0.00000132. The molecule has 1 saturated heterocycles. The van der Waals surface area contributed by atoms with E-state index in [4.69, 9.17) is 9.72 Å². The van der Waals surface area contributed by atoms with E-state index in [-0.39, 0.29) is 12.4 Å². The average molecular weight is 305 g/mol. The average Bonchev–Trinajstić information content (AvgIpc) is 2.94. The van der Waals surface area contributed by atoms with Gasteiger partial charge in [0.25, 0.3) is 0 Å². The third kappa shape index (κ3) is 2.39. The number of aryl methyl sites for hydroxylation is 2. The Morgan fingerprint density at radius 1 is 1.14 bits per heavy atom. The van der Waals surface area contributed by atoms with Gasteiger partial charge in [0.15, 0.2) is 0 Å². The first kappa shape index (κ1) is 14.6. The van der Waals surface area contributed by atoms with Crippen molar-refractivity contribution in [1.82, 2.24) is 4.98 Å². The Labute approximate surface area is 131 Å². The number of pyridine rings is 1. The molecular weight excluding hydrogens is 284 g/mol. The van der Waals surface area contributed by atoms with Crippen molar-refractivity contribution in [1.29, 1.82) is 0 Å². The number of para-hydroxylation sites is 1. The van der Waals surface area contributed by atoms with E-state index in [2.05, 4.69) is 30.0 Å². The molecule has 112 valence electrons. The number of hydrogen-bond donors (Lipinski definition) is 0. The van der Waals surface area contributed by atoms with Crippen molar-refractivity contribution in [3.05, 3.63) is 35.0 Å². The number of fused-ring (bicyclic) bond motifs is 2. The highest BCUT2D eigenvalue weighted by Gasteiger charge is 2.24. The van der Waals surface area contributed by atoms with E-state index in [1.165, 1.54) is 46.3 Å². The molecule has 0 spiro atoms. The second-order valence-corrected chi connectivity index (χ2v) is 5.81. The fraction of sp³-hybridized carbons (Fsp3) is 0.471. The van der Waals surface area contributed by atoms with Crippen LogP contribution >= 0.6 is 12.4 Å². The SMILES string of the molecule is Cc1cccc2c(N3CCOCC3)c3c(nc12)CCC3.Cl. The summed E-state index contributed by atoms with van der Waals surface area (Å²) >= 11 is 0. The standard InChI is InChI=1S/C17H20N2O.ClH/c1-12-4-2-6-14-16(12)18-15-7-3-5-13(15)17(14)19-8-10-20-11-9-19;/h2,4,6H,3,5,7-11H2,1H3;1H. The zero-order chi connectivity index (χ0) is 13.5. The molecule has 0 radical (unpaired) electrons. The van der Waals surface area contributed by atoms with Crippen LogP contribution in [0.5, 0.6) is 0 Å². The number of nitrogens with zero attached hydrogens (tertiary/aromatic N) is 2. The van der Waals surface area contributed by atoms with Crippen molar-refractivity contribution in [2.75, 3.05) is 31.2 Å². The first-order chi connectivity index (χ1) is 9.84. The summed E-state index contributed by atoms with van der Waals surface area (Å²) in [7, 11) is 0. The predicted molar refractivity (Wildman–Crippen MR) is 88.8 cm³/mol. The van der Waals surface area contributed by atoms with Gasteiger partial charge in [-0.15, -0.1) is 12.4 Å². The molecule has 0 atom stereocenters. The number of benzene rings is 1. The molecule has 3 nitrogen and oxygen atoms in total. The highest BCUT2D eigenvalue weighted by atomic mass is 35.5. The van der Waals surface area contributed by atoms with E-state index in [0.29, 0.717) is 0 Å². The Morgan fingerprint density at radius 2 is 1.95 bits per heavy atom. The van der Waals surface area contributed by atoms with Gasteiger partial charge in [0.05, 0.1) is 24.4 Å². The summed E-state index contributed by atoms with van der Waals surface area (Å²) in [5.74, 6) is 0. The molecule has 1 aromatic carbocycles. The molecule has 1 fully saturated rings. The van der Waals surface area contributed by atoms with Crippen LogP contribution in [-0.2, 0) is 17.6 Å². The number of halogens is 1. The number of anilines is 1. The number of aromatic nitrogens is 1. The van der Waals surface area contributed by atoms with Crippen LogP contribution in [-0.4, -0.2) is 31.3 Å². The van der Waals surface area contributed by atoms with Crippen LogP contribution in [0.1, 0.15) is 23.2 Å². The molecule has 2 aliphatic rings. The summed E-state index contributed by atoms with van der Waals surface area (Å²) in [6.45, 7) is 5.84. The highest BCUT2D eigenvalue weighted by Crippen LogP contribution is 2.37. The maximum atomic E-state index is 5.52. The summed E-state index contributed by atoms with van der Waals surface area (Å²) in [6.07, 6.45) is 3.56. The van der Waals surface area contributed by atoms with Gasteiger partial charge < -0.3 is 9.64 Å². The van der Waals surface area contributed by atoms with Gasteiger partial charge in [-0.3, -0.25) is 4.98 Å². The van der Waals surface area contributed by atoms with Crippen LogP contribution in [0.4, 0.5) is 5.69 Å². The summed E-state index contributed by atoms with van der Waals surface area (Å²) in [6, 6.07) is 6.56. The van der Waals surface area contributed by atoms with Gasteiger partial charge in [0, 0.05) is 24.2 Å². The minimum Gasteiger partial charge on any atom is -0.378 e. The topological polar surface area (TPSA) is 25.4 Å². The number of hydrogen-bond acceptors (Lipinski definition) is 3. The lowest BCUT2D eigenvalue weighted by molar-refractivity contribution is 0.123. The second-order valence-electron chi connectivity index (χ2n) is 5.81. The molecule has 0 bridgehead atoms. The number of ether oxygens (including phenoxy) is 1. The Morgan fingerprint density at radius 3 is 2.76 bits per heavy atom. The van der Waals surface area contributed by atoms with E-state index in [1.54, 1.807) is 0 Å². The van der Waals surface area contributed by atoms with Gasteiger partial charge in [-0.2, -0.15) is 0 Å². The van der Waals surface area contributed by atoms with Crippen molar-refractivity contribution in [2.45, 2.75) is 26.2 Å². The molecule has 0 N–H and O–H groups in total. The summed E-state index contributed by atoms with van der Waals surface area (Å²) < 4.78 is 5.52. The predicted octanol–water partition coefficient (Wildman–Crippen LogP) is 3.29. The Hall–Kier alpha value is -1.32. The lowest BCUT2D eigenvalue weighted by atomic mass is 10.0. The Bertz CT molecular complexity index is 665. The summed E-state index contributed by atoms with van der Waals surface area (Å²) in [5, 5.41) is 1.33. The lowest BCUT2D eigenvalue weighted by Gasteiger charge is -2.31. The number of morpholine rings is 1. The van der Waals surface area contributed by atoms with E-state index in [9.17, 15) is 0 Å². The molecule has 4 rings (SSSR count). The third-order valence-corrected chi connectivity index (χ3v) is 4.54. The second kappa shape index (κ2) is 5.82. The summed E-state index contributed by atoms with van der Waals surface area (Å²) in [4.78, 5) is 7.46. The van der Waals surface area contributed by atoms with Crippen LogP contribution < -0.4 is 4.90 Å². The van der Waals surface area contributed by atoms with Crippen molar-refractivity contribution >= 4 is 29.0 Å². The zero-order valence-electron chi connectivity index (χ0n) is 12.4. The van der Waals surface area contributed by atoms with Gasteiger partial charge in [-0.05, 0) is 37.3 Å². The van der Waals surface area contributed by atoms with Crippen molar-refractivity contribution in [3.8, 4) is 0 Å². The van der Waals surface area contributed by atoms with Crippen molar-refractivity contribution < 1.29 is 4.74 Å². The zero-order valence-corrected chi connectivity index (χ0v) is 13.2. The smallest absolute Gasteiger partial charge is 0.0755 e. The van der Waals surface area contributed by atoms with Crippen LogP contribution in [0.2, 0.25) is 0 Å². The van der Waals surface area contributed by atoms with E-state index >= 15 is 0 Å². The van der Waals surface area contributed by atoms with Crippen LogP contribution in [0.15, 0.2) is 18.2 Å². The lowest BCUT2D eigenvalue weighted by Crippen LogP contribution is -2.37. The summed E-state index contributed by atoms with van der Waals surface area (Å²) in [5.41, 5.74) is 6.73. The number of rotatable bonds is 1. The normalized spacial score (nSPS) is 17.7. The molecular formula is C17H21ClN2O. The van der Waals surface area contributed by atoms with Gasteiger partial charge in [0.1, 0.15) is 0 Å². The molecule has 2 heterocycles. The third-order valence-electron chi connectivity index (χ3n) is 4.54. The molecule has 0 unspecified atom stereocenters. The van der Waals surface area contributed by atoms with Crippen molar-refractivity contribution in [2.24, 2.45) is 0 Å². The van der Waals surface area contributed by atoms with Crippen LogP contribution in [0, 0.1) is 6.92 Å². The molecule has 0 saturated carbocycles. The Kier molecular flexibility index (Phi) is 4.05. The fourth-order valence-electron chi connectivity index (χ4n) is 3.55.